The van der Waals surface area contributed by atoms with Gasteiger partial charge in [-0.05, 0) is 96.9 Å². The zero-order valence-corrected chi connectivity index (χ0v) is 36.3. The molecule has 0 radical (unpaired) electrons. The summed E-state index contributed by atoms with van der Waals surface area (Å²) in [6.07, 6.45) is 0.859. The van der Waals surface area contributed by atoms with E-state index in [1.807, 2.05) is 42.5 Å². The van der Waals surface area contributed by atoms with Gasteiger partial charge in [-0.1, -0.05) is 91.0 Å². The summed E-state index contributed by atoms with van der Waals surface area (Å²) in [5, 5.41) is 36.6. The number of Topliss-reactive ketones (excluding diaryl/α,β-unsaturated/α-hetero) is 1. The zero-order chi connectivity index (χ0) is 45.5. The number of esters is 1. The third-order valence-electron chi connectivity index (χ3n) is 12.1. The van der Waals surface area contributed by atoms with E-state index in [-0.39, 0.29) is 60.8 Å². The number of aryl methyl sites for hydroxylation is 1. The smallest absolute Gasteiger partial charge is 0.347 e. The van der Waals surface area contributed by atoms with Crippen molar-refractivity contribution in [1.82, 2.24) is 15.2 Å². The van der Waals surface area contributed by atoms with Gasteiger partial charge >= 0.3 is 5.97 Å². The summed E-state index contributed by atoms with van der Waals surface area (Å²) < 4.78 is 36.5. The number of nitrogens with one attached hydrogen (secondary N) is 2. The number of rotatable bonds is 17. The van der Waals surface area contributed by atoms with Crippen molar-refractivity contribution >= 4 is 34.0 Å². The van der Waals surface area contributed by atoms with Gasteiger partial charge in [-0.2, -0.15) is 0 Å². The number of likely N-dealkylation sites (tertiary alicyclic amines) is 1. The minimum atomic E-state index is -2.07. The lowest BCUT2D eigenvalue weighted by Gasteiger charge is -2.33. The molecule has 1 aliphatic rings. The highest BCUT2D eigenvalue weighted by Crippen LogP contribution is 2.37. The maximum atomic E-state index is 15.3. The Balaban J connectivity index is 0.874. The largest absolute Gasteiger partial charge is 0.506 e. The molecule has 334 valence electrons. The van der Waals surface area contributed by atoms with Crippen molar-refractivity contribution in [3.8, 4) is 16.2 Å². The number of aromatic nitrogens is 1. The van der Waals surface area contributed by atoms with E-state index in [1.165, 1.54) is 53.3 Å². The zero-order valence-electron chi connectivity index (χ0n) is 35.5. The van der Waals surface area contributed by atoms with Crippen molar-refractivity contribution in [1.29, 1.82) is 0 Å². The summed E-state index contributed by atoms with van der Waals surface area (Å²) >= 11 is 1.42. The van der Waals surface area contributed by atoms with Gasteiger partial charge in [0.15, 0.2) is 17.4 Å². The van der Waals surface area contributed by atoms with Crippen molar-refractivity contribution in [3.05, 3.63) is 194 Å². The fourth-order valence-electron chi connectivity index (χ4n) is 8.41. The first kappa shape index (κ1) is 45.2. The van der Waals surface area contributed by atoms with Crippen LogP contribution in [0.4, 0.5) is 8.78 Å². The molecule has 0 unspecified atom stereocenters. The average Bonchev–Trinajstić information content (AvgIpc) is 3.82. The first-order valence-electron chi connectivity index (χ1n) is 21.6. The molecule has 5 N–H and O–H groups in total. The number of fused-ring (bicyclic) bond motifs is 1. The third kappa shape index (κ3) is 10.3. The summed E-state index contributed by atoms with van der Waals surface area (Å²) in [6, 6.07) is 38.2. The summed E-state index contributed by atoms with van der Waals surface area (Å²) in [5.74, 6) is -3.69. The van der Waals surface area contributed by atoms with Gasteiger partial charge in [0.25, 0.3) is 0 Å². The molecule has 0 bridgehead atoms. The summed E-state index contributed by atoms with van der Waals surface area (Å²) in [6.45, 7) is 2.68. The Morgan fingerprint density at radius 1 is 0.862 bits per heavy atom. The number of phenols is 1. The number of ketones is 1. The molecule has 7 aromatic rings. The van der Waals surface area contributed by atoms with E-state index in [2.05, 4.69) is 27.3 Å². The number of carbonyl (C=O) groups excluding carboxylic acids is 2. The second-order valence-corrected chi connectivity index (χ2v) is 17.7. The Hall–Kier alpha value is -6.35. The van der Waals surface area contributed by atoms with Crippen LogP contribution in [0.15, 0.2) is 138 Å². The number of aromatic hydroxyl groups is 1. The predicted octanol–water partition coefficient (Wildman–Crippen LogP) is 8.57. The molecule has 0 spiro atoms. The van der Waals surface area contributed by atoms with Gasteiger partial charge in [-0.15, -0.1) is 11.3 Å². The highest BCUT2D eigenvalue weighted by atomic mass is 32.1. The molecule has 65 heavy (non-hydrogen) atoms. The highest BCUT2D eigenvalue weighted by Gasteiger charge is 2.42. The summed E-state index contributed by atoms with van der Waals surface area (Å²) in [5.41, 5.74) is 0.474. The summed E-state index contributed by atoms with van der Waals surface area (Å²) in [4.78, 5) is 45.5. The van der Waals surface area contributed by atoms with Crippen LogP contribution in [0.1, 0.15) is 68.4 Å². The van der Waals surface area contributed by atoms with Gasteiger partial charge in [0.2, 0.25) is 11.2 Å². The van der Waals surface area contributed by atoms with E-state index in [0.717, 1.165) is 47.8 Å². The Morgan fingerprint density at radius 3 is 2.37 bits per heavy atom. The number of benzene rings is 5. The van der Waals surface area contributed by atoms with Crippen LogP contribution in [0.25, 0.3) is 21.3 Å². The highest BCUT2D eigenvalue weighted by molar-refractivity contribution is 7.15. The Bertz CT molecular complexity index is 2850. The maximum Gasteiger partial charge on any atom is 0.347 e. The van der Waals surface area contributed by atoms with Crippen LogP contribution < -0.4 is 10.9 Å². The fraction of sp³-hybridized carbons (Fsp3) is 0.250. The molecular formula is C52H49F2N3O7S. The van der Waals surface area contributed by atoms with Gasteiger partial charge < -0.3 is 30.4 Å². The molecule has 13 heteroatoms. The number of piperidine rings is 1. The fourth-order valence-corrected chi connectivity index (χ4v) is 9.42. The van der Waals surface area contributed by atoms with E-state index >= 15 is 8.78 Å². The van der Waals surface area contributed by atoms with Gasteiger partial charge in [0.05, 0.1) is 23.8 Å². The number of hydrogen-bond acceptors (Lipinski definition) is 10. The number of phenolic OH excluding ortho intramolecular Hbond substituents is 1. The minimum Gasteiger partial charge on any atom is -0.506 e. The number of nitrogens with zero attached hydrogens (tertiary/aromatic N) is 1. The number of halogens is 2. The van der Waals surface area contributed by atoms with Crippen LogP contribution in [-0.4, -0.2) is 63.2 Å². The minimum absolute atomic E-state index is 0.0286. The molecule has 1 saturated heterocycles. The monoisotopic (exact) mass is 897 g/mol. The van der Waals surface area contributed by atoms with Crippen molar-refractivity contribution in [3.63, 3.8) is 0 Å². The van der Waals surface area contributed by atoms with E-state index in [1.54, 1.807) is 42.5 Å². The lowest BCUT2D eigenvalue weighted by molar-refractivity contribution is -0.164. The second-order valence-electron chi connectivity index (χ2n) is 16.5. The van der Waals surface area contributed by atoms with Gasteiger partial charge in [0.1, 0.15) is 5.75 Å². The van der Waals surface area contributed by atoms with E-state index in [0.29, 0.717) is 22.1 Å². The number of hydrogen-bond donors (Lipinski definition) is 5. The van der Waals surface area contributed by atoms with Crippen LogP contribution in [0.2, 0.25) is 0 Å². The van der Waals surface area contributed by atoms with Gasteiger partial charge in [-0.3, -0.25) is 14.5 Å². The first-order valence-corrected chi connectivity index (χ1v) is 22.4. The van der Waals surface area contributed by atoms with Gasteiger partial charge in [-0.25, -0.2) is 13.6 Å². The van der Waals surface area contributed by atoms with Crippen molar-refractivity contribution < 1.29 is 38.4 Å². The standard InChI is InChI=1S/C52H49F2N3O7S/c53-48-36(29-55-30-45(60)40-18-21-44(59)50-41(40)19-23-47(61)56-50)14-17-42(49(48)54)43(58)20-15-39-16-22-46(65-39)35-10-7-13-38(28-35)52(63,37-11-5-2-6-12-37)51(62)64-32-34-24-26-57(27-25-34)31-33-8-3-1-4-9-33/h1-14,16-19,21-23,28,34,45,55,59-60,63H,15,20,24-27,29-32H2,(H,56,61)/t45-,52-/m0/s1. The lowest BCUT2D eigenvalue weighted by Crippen LogP contribution is -2.40. The molecule has 3 heterocycles. The molecule has 2 atom stereocenters. The number of aromatic amines is 1. The van der Waals surface area contributed by atoms with E-state index in [9.17, 15) is 29.7 Å². The summed E-state index contributed by atoms with van der Waals surface area (Å²) in [7, 11) is 0. The molecule has 0 saturated carbocycles. The van der Waals surface area contributed by atoms with Crippen LogP contribution in [0, 0.1) is 17.6 Å². The molecule has 8 rings (SSSR count). The number of aliphatic hydroxyl groups is 2. The normalized spacial score (nSPS) is 14.8. The third-order valence-corrected chi connectivity index (χ3v) is 13.3. The number of carbonyl (C=O) groups is 2. The van der Waals surface area contributed by atoms with E-state index < -0.39 is 40.7 Å². The number of thiophene rings is 1. The Kier molecular flexibility index (Phi) is 14.1. The molecular weight excluding hydrogens is 849 g/mol. The van der Waals surface area contributed by atoms with Crippen molar-refractivity contribution in [2.75, 3.05) is 26.2 Å². The van der Waals surface area contributed by atoms with Crippen molar-refractivity contribution in [2.45, 2.75) is 50.5 Å². The Morgan fingerprint density at radius 2 is 1.60 bits per heavy atom. The average molecular weight is 898 g/mol. The molecule has 2 aromatic heterocycles. The van der Waals surface area contributed by atoms with Crippen LogP contribution in [0.3, 0.4) is 0 Å². The van der Waals surface area contributed by atoms with Gasteiger partial charge in [0, 0.05) is 58.4 Å². The quantitative estimate of drug-likeness (QED) is 0.0447. The molecule has 1 fully saturated rings. The van der Waals surface area contributed by atoms with Crippen molar-refractivity contribution in [2.24, 2.45) is 5.92 Å². The number of pyridine rings is 1. The molecule has 5 aromatic carbocycles. The predicted molar refractivity (Wildman–Crippen MR) is 247 cm³/mol. The number of ether oxygens (including phenoxy) is 1. The van der Waals surface area contributed by atoms with Crippen LogP contribution >= 0.6 is 11.3 Å². The Labute approximate surface area is 378 Å². The molecule has 0 aliphatic carbocycles. The van der Waals surface area contributed by atoms with E-state index in [4.69, 9.17) is 4.74 Å². The topological polar surface area (TPSA) is 152 Å². The molecule has 1 aliphatic heterocycles. The number of H-pyrrole nitrogens is 1. The first-order chi connectivity index (χ1) is 31.5. The van der Waals surface area contributed by atoms with Crippen LogP contribution in [-0.2, 0) is 34.6 Å². The van der Waals surface area contributed by atoms with Crippen LogP contribution in [0.5, 0.6) is 5.75 Å². The second kappa shape index (κ2) is 20.2. The number of aliphatic hydroxyl groups excluding tert-OH is 1. The lowest BCUT2D eigenvalue weighted by atomic mass is 9.85. The maximum absolute atomic E-state index is 15.3. The SMILES string of the molecule is O=C(CCc1ccc(-c2cccc([C@](O)(C(=O)OCC3CCN(Cc4ccccc4)CC3)c3ccccc3)c2)s1)c1ccc(CNC[C@H](O)c2ccc(O)c3[nH]c(=O)ccc23)c(F)c1F. The molecule has 0 amide bonds. The molecule has 10 nitrogen and oxygen atoms in total.